The third-order valence-corrected chi connectivity index (χ3v) is 6.78. The summed E-state index contributed by atoms with van der Waals surface area (Å²) in [6.45, 7) is 0.507. The van der Waals surface area contributed by atoms with Gasteiger partial charge in [0.25, 0.3) is 11.8 Å². The number of ether oxygens (including phenoxy) is 1. The minimum atomic E-state index is -1.08. The van der Waals surface area contributed by atoms with E-state index < -0.39 is 35.3 Å². The predicted octanol–water partition coefficient (Wildman–Crippen LogP) is 3.67. The number of carbonyl (C=O) groups excluding carboxylic acids is 2. The van der Waals surface area contributed by atoms with Crippen LogP contribution in [-0.2, 0) is 9.53 Å². The van der Waals surface area contributed by atoms with Gasteiger partial charge >= 0.3 is 0 Å². The van der Waals surface area contributed by atoms with E-state index in [1.807, 2.05) is 0 Å². The molecule has 9 heteroatoms. The molecule has 170 valence electrons. The van der Waals surface area contributed by atoms with Crippen LogP contribution in [0.25, 0.3) is 0 Å². The van der Waals surface area contributed by atoms with Gasteiger partial charge in [-0.05, 0) is 48.7 Å². The number of hydrogen-bond donors (Lipinski definition) is 0. The fourth-order valence-electron chi connectivity index (χ4n) is 5.14. The van der Waals surface area contributed by atoms with Crippen molar-refractivity contribution in [2.24, 2.45) is 0 Å². The molecule has 0 aromatic heterocycles. The number of piperidine rings is 1. The summed E-state index contributed by atoms with van der Waals surface area (Å²) in [6, 6.07) is 8.19. The fraction of sp³-hybridized carbons (Fsp3) is 0.375. The third kappa shape index (κ3) is 3.55. The summed E-state index contributed by atoms with van der Waals surface area (Å²) in [5.74, 6) is -2.64. The zero-order valence-electron chi connectivity index (χ0n) is 17.6. The van der Waals surface area contributed by atoms with Crippen molar-refractivity contribution in [3.05, 3.63) is 70.5 Å². The van der Waals surface area contributed by atoms with Gasteiger partial charge < -0.3 is 14.5 Å². The number of nitriles is 1. The van der Waals surface area contributed by atoms with Crippen molar-refractivity contribution >= 4 is 11.8 Å². The highest BCUT2D eigenvalue weighted by atomic mass is 19.1. The van der Waals surface area contributed by atoms with Crippen LogP contribution in [0, 0.1) is 28.8 Å². The lowest BCUT2D eigenvalue weighted by Gasteiger charge is -2.37. The molecule has 2 amide bonds. The number of halogens is 3. The van der Waals surface area contributed by atoms with Gasteiger partial charge in [-0.15, -0.1) is 0 Å². The fourth-order valence-corrected chi connectivity index (χ4v) is 5.14. The van der Waals surface area contributed by atoms with E-state index in [0.29, 0.717) is 18.4 Å². The zero-order chi connectivity index (χ0) is 23.3. The van der Waals surface area contributed by atoms with E-state index in [9.17, 15) is 22.8 Å². The van der Waals surface area contributed by atoms with E-state index in [1.165, 1.54) is 24.3 Å². The molecule has 2 atom stereocenters. The van der Waals surface area contributed by atoms with Gasteiger partial charge in [0.05, 0.1) is 11.6 Å². The van der Waals surface area contributed by atoms with Crippen molar-refractivity contribution in [1.29, 1.82) is 5.26 Å². The van der Waals surface area contributed by atoms with E-state index in [1.54, 1.807) is 15.9 Å². The Morgan fingerprint density at radius 3 is 2.42 bits per heavy atom. The monoisotopic (exact) mass is 455 g/mol. The molecule has 0 radical (unpaired) electrons. The summed E-state index contributed by atoms with van der Waals surface area (Å²) in [5, 5.41) is 9.00. The molecule has 0 bridgehead atoms. The number of hydrogen-bond acceptors (Lipinski definition) is 4. The lowest BCUT2D eigenvalue weighted by molar-refractivity contribution is -0.142. The standard InChI is InChI=1S/C24H20F3N3O3/c25-17-10-15(11-18(26)12-17)20-3-4-21-30(20)23(32)24(33-21)5-7-29(8-6-24)22(31)14-1-2-19(27)16(9-14)13-28/h1-2,9-12,20-21H,3-8H2. The van der Waals surface area contributed by atoms with E-state index >= 15 is 0 Å². The minimum absolute atomic E-state index is 0.205. The average molecular weight is 455 g/mol. The van der Waals surface area contributed by atoms with Gasteiger partial charge in [0.15, 0.2) is 5.60 Å². The maximum Gasteiger partial charge on any atom is 0.257 e. The Hall–Kier alpha value is -3.38. The second-order valence-corrected chi connectivity index (χ2v) is 8.67. The van der Waals surface area contributed by atoms with Crippen LogP contribution in [-0.4, -0.2) is 46.5 Å². The molecule has 0 aliphatic carbocycles. The van der Waals surface area contributed by atoms with E-state index in [-0.39, 0.29) is 48.9 Å². The SMILES string of the molecule is N#Cc1cc(C(=O)N2CCC3(CC2)OC2CCC(c4cc(F)cc(F)c4)N2C3=O)ccc1F. The molecule has 2 aromatic rings. The topological polar surface area (TPSA) is 73.6 Å². The smallest absolute Gasteiger partial charge is 0.257 e. The van der Waals surface area contributed by atoms with Crippen LogP contribution in [0.3, 0.4) is 0 Å². The van der Waals surface area contributed by atoms with E-state index in [2.05, 4.69) is 0 Å². The third-order valence-electron chi connectivity index (χ3n) is 6.78. The number of likely N-dealkylation sites (tertiary alicyclic amines) is 1. The molecule has 0 saturated carbocycles. The number of carbonyl (C=O) groups is 2. The molecule has 3 saturated heterocycles. The van der Waals surface area contributed by atoms with Crippen LogP contribution in [0.4, 0.5) is 13.2 Å². The first-order valence-corrected chi connectivity index (χ1v) is 10.8. The second kappa shape index (κ2) is 7.89. The maximum absolute atomic E-state index is 13.7. The number of nitrogens with zero attached hydrogens (tertiary/aromatic N) is 3. The second-order valence-electron chi connectivity index (χ2n) is 8.67. The van der Waals surface area contributed by atoms with Gasteiger partial charge in [-0.3, -0.25) is 9.59 Å². The molecule has 3 heterocycles. The molecule has 6 nitrogen and oxygen atoms in total. The molecule has 2 unspecified atom stereocenters. The van der Waals surface area contributed by atoms with Crippen molar-refractivity contribution < 1.29 is 27.5 Å². The van der Waals surface area contributed by atoms with Crippen molar-refractivity contribution in [3.8, 4) is 6.07 Å². The summed E-state index contributed by atoms with van der Waals surface area (Å²) in [5.41, 5.74) is -0.672. The normalized spacial score (nSPS) is 23.6. The first-order chi connectivity index (χ1) is 15.8. The maximum atomic E-state index is 13.7. The van der Waals surface area contributed by atoms with Gasteiger partial charge in [-0.2, -0.15) is 5.26 Å². The highest BCUT2D eigenvalue weighted by Crippen LogP contribution is 2.47. The largest absolute Gasteiger partial charge is 0.342 e. The van der Waals surface area contributed by atoms with Crippen LogP contribution in [0.5, 0.6) is 0 Å². The molecule has 3 aliphatic heterocycles. The molecule has 0 N–H and O–H groups in total. The van der Waals surface area contributed by atoms with Gasteiger partial charge in [-0.25, -0.2) is 13.2 Å². The summed E-state index contributed by atoms with van der Waals surface area (Å²) in [6.07, 6.45) is 1.20. The van der Waals surface area contributed by atoms with Crippen LogP contribution in [0.2, 0.25) is 0 Å². The quantitative estimate of drug-likeness (QED) is 0.693. The molecular weight excluding hydrogens is 435 g/mol. The number of benzene rings is 2. The Balaban J connectivity index is 1.31. The van der Waals surface area contributed by atoms with Gasteiger partial charge in [0.1, 0.15) is 29.7 Å². The molecule has 33 heavy (non-hydrogen) atoms. The Bertz CT molecular complexity index is 1170. The summed E-state index contributed by atoms with van der Waals surface area (Å²) in [4.78, 5) is 29.4. The van der Waals surface area contributed by atoms with E-state index in [4.69, 9.17) is 10.00 Å². The minimum Gasteiger partial charge on any atom is -0.342 e. The highest BCUT2D eigenvalue weighted by molar-refractivity contribution is 5.95. The lowest BCUT2D eigenvalue weighted by Crippen LogP contribution is -2.51. The number of rotatable bonds is 2. The number of amides is 2. The van der Waals surface area contributed by atoms with E-state index in [0.717, 1.165) is 12.1 Å². The Labute approximate surface area is 188 Å². The number of fused-ring (bicyclic) bond motifs is 1. The lowest BCUT2D eigenvalue weighted by atomic mass is 9.89. The molecule has 3 aliphatic rings. The molecule has 1 spiro atoms. The van der Waals surface area contributed by atoms with Crippen molar-refractivity contribution in [3.63, 3.8) is 0 Å². The zero-order valence-corrected chi connectivity index (χ0v) is 17.6. The Morgan fingerprint density at radius 2 is 1.76 bits per heavy atom. The van der Waals surface area contributed by atoms with Crippen molar-refractivity contribution in [2.75, 3.05) is 13.1 Å². The average Bonchev–Trinajstić information content (AvgIpc) is 3.31. The van der Waals surface area contributed by atoms with Gasteiger partial charge in [-0.1, -0.05) is 0 Å². The predicted molar refractivity (Wildman–Crippen MR) is 109 cm³/mol. The first kappa shape index (κ1) is 21.5. The van der Waals surface area contributed by atoms with Crippen molar-refractivity contribution in [2.45, 2.75) is 43.6 Å². The van der Waals surface area contributed by atoms with Crippen molar-refractivity contribution in [1.82, 2.24) is 9.80 Å². The molecule has 3 fully saturated rings. The van der Waals surface area contributed by atoms with Gasteiger partial charge in [0.2, 0.25) is 0 Å². The van der Waals surface area contributed by atoms with Gasteiger partial charge in [0, 0.05) is 37.6 Å². The van der Waals surface area contributed by atoms with Crippen LogP contribution in [0.15, 0.2) is 36.4 Å². The summed E-state index contributed by atoms with van der Waals surface area (Å²) < 4.78 is 47.3. The highest BCUT2D eigenvalue weighted by Gasteiger charge is 2.58. The molecule has 2 aromatic carbocycles. The molecular formula is C24H20F3N3O3. The Morgan fingerprint density at radius 1 is 1.06 bits per heavy atom. The van der Waals surface area contributed by atoms with Crippen LogP contribution in [0.1, 0.15) is 53.2 Å². The molecule has 5 rings (SSSR count). The van der Waals surface area contributed by atoms with Crippen LogP contribution >= 0.6 is 0 Å². The van der Waals surface area contributed by atoms with Crippen LogP contribution < -0.4 is 0 Å². The Kier molecular flexibility index (Phi) is 5.13. The summed E-state index contributed by atoms with van der Waals surface area (Å²) in [7, 11) is 0. The summed E-state index contributed by atoms with van der Waals surface area (Å²) >= 11 is 0. The first-order valence-electron chi connectivity index (χ1n) is 10.8.